The monoisotopic (exact) mass is 425 g/mol. The molecule has 0 saturated heterocycles. The lowest BCUT2D eigenvalue weighted by atomic mass is 10.1. The maximum Gasteiger partial charge on any atom is 0.333 e. The van der Waals surface area contributed by atoms with Crippen molar-refractivity contribution in [1.29, 1.82) is 0 Å². The second-order valence-electron chi connectivity index (χ2n) is 7.38. The van der Waals surface area contributed by atoms with E-state index in [2.05, 4.69) is 15.1 Å². The zero-order valence-corrected chi connectivity index (χ0v) is 17.2. The first-order valence-electron chi connectivity index (χ1n) is 9.64. The van der Waals surface area contributed by atoms with E-state index in [1.807, 2.05) is 61.8 Å². The summed E-state index contributed by atoms with van der Waals surface area (Å²) < 4.78 is 3.43. The maximum atomic E-state index is 13.4. The molecule has 0 bridgehead atoms. The second kappa shape index (κ2) is 6.48. The van der Waals surface area contributed by atoms with Gasteiger partial charge in [0.05, 0.1) is 22.9 Å². The van der Waals surface area contributed by atoms with Gasteiger partial charge in [0.2, 0.25) is 0 Å². The van der Waals surface area contributed by atoms with Gasteiger partial charge in [-0.15, -0.1) is 11.3 Å². The Balaban J connectivity index is 1.58. The Hall–Kier alpha value is -4.04. The summed E-state index contributed by atoms with van der Waals surface area (Å²) in [5.74, 6) is 0. The molecule has 0 unspecified atom stereocenters. The summed E-state index contributed by atoms with van der Waals surface area (Å²) in [6, 6.07) is 15.4. The first-order chi connectivity index (χ1) is 15.1. The molecule has 4 heterocycles. The number of pyridine rings is 1. The number of benzene rings is 2. The normalized spacial score (nSPS) is 11.6. The summed E-state index contributed by atoms with van der Waals surface area (Å²) in [4.78, 5) is 34.2. The summed E-state index contributed by atoms with van der Waals surface area (Å²) in [6.45, 7) is 0. The lowest BCUT2D eigenvalue weighted by Gasteiger charge is -2.07. The molecule has 6 aromatic rings. The first-order valence-corrected chi connectivity index (χ1v) is 10.5. The summed E-state index contributed by atoms with van der Waals surface area (Å²) in [6.07, 6.45) is 5.22. The molecule has 0 radical (unpaired) electrons. The van der Waals surface area contributed by atoms with Crippen LogP contribution in [0.3, 0.4) is 0 Å². The van der Waals surface area contributed by atoms with Crippen molar-refractivity contribution in [2.75, 3.05) is 0 Å². The lowest BCUT2D eigenvalue weighted by Crippen LogP contribution is -2.33. The van der Waals surface area contributed by atoms with Gasteiger partial charge in [-0.05, 0) is 17.7 Å². The number of hydrogen-bond acceptors (Lipinski definition) is 5. The van der Waals surface area contributed by atoms with E-state index in [0.717, 1.165) is 32.1 Å². The summed E-state index contributed by atoms with van der Waals surface area (Å²) in [7, 11) is 1.88. The zero-order chi connectivity index (χ0) is 21.1. The third-order valence-electron chi connectivity index (χ3n) is 5.37. The van der Waals surface area contributed by atoms with Crippen LogP contribution in [0, 0.1) is 0 Å². The van der Waals surface area contributed by atoms with Crippen LogP contribution in [0.2, 0.25) is 0 Å². The Kier molecular flexibility index (Phi) is 3.72. The molecule has 2 aromatic carbocycles. The Bertz CT molecular complexity index is 1750. The number of fused-ring (bicyclic) bond motifs is 3. The Morgan fingerprint density at radius 2 is 1.87 bits per heavy atom. The summed E-state index contributed by atoms with van der Waals surface area (Å²) in [5.41, 5.74) is 1.99. The number of aromatic nitrogens is 5. The van der Waals surface area contributed by atoms with Gasteiger partial charge in [0, 0.05) is 40.5 Å². The van der Waals surface area contributed by atoms with Gasteiger partial charge in [-0.3, -0.25) is 14.5 Å². The van der Waals surface area contributed by atoms with E-state index in [-0.39, 0.29) is 5.56 Å². The van der Waals surface area contributed by atoms with E-state index in [1.165, 1.54) is 15.9 Å². The highest BCUT2D eigenvalue weighted by Gasteiger charge is 2.16. The molecule has 0 fully saturated rings. The third-order valence-corrected chi connectivity index (χ3v) is 6.54. The van der Waals surface area contributed by atoms with Crippen LogP contribution in [-0.2, 0) is 7.05 Å². The van der Waals surface area contributed by atoms with Crippen LogP contribution in [0.15, 0.2) is 76.7 Å². The molecule has 0 aliphatic heterocycles. The second-order valence-corrected chi connectivity index (χ2v) is 8.43. The molecule has 0 spiro atoms. The maximum absolute atomic E-state index is 13.4. The first kappa shape index (κ1) is 17.8. The van der Waals surface area contributed by atoms with E-state index in [9.17, 15) is 9.59 Å². The van der Waals surface area contributed by atoms with E-state index >= 15 is 0 Å². The van der Waals surface area contributed by atoms with Crippen LogP contribution in [0.25, 0.3) is 48.0 Å². The molecule has 8 heteroatoms. The molecule has 0 aliphatic carbocycles. The number of thiophene rings is 1. The third kappa shape index (κ3) is 2.72. The van der Waals surface area contributed by atoms with Crippen LogP contribution in [0.1, 0.15) is 0 Å². The topological polar surface area (TPSA) is 85.6 Å². The van der Waals surface area contributed by atoms with Gasteiger partial charge >= 0.3 is 5.69 Å². The van der Waals surface area contributed by atoms with Gasteiger partial charge in [0.1, 0.15) is 4.70 Å². The van der Waals surface area contributed by atoms with Gasteiger partial charge in [0.15, 0.2) is 0 Å². The van der Waals surface area contributed by atoms with Crippen molar-refractivity contribution in [1.82, 2.24) is 24.3 Å². The molecule has 6 rings (SSSR count). The zero-order valence-electron chi connectivity index (χ0n) is 16.4. The van der Waals surface area contributed by atoms with Gasteiger partial charge in [0.25, 0.3) is 5.56 Å². The Morgan fingerprint density at radius 3 is 2.77 bits per heavy atom. The minimum atomic E-state index is -0.486. The number of aryl methyl sites for hydroxylation is 1. The smallest absolute Gasteiger partial charge is 0.306 e. The molecular formula is C23H15N5O2S. The van der Waals surface area contributed by atoms with Gasteiger partial charge < -0.3 is 4.98 Å². The van der Waals surface area contributed by atoms with E-state index < -0.39 is 5.69 Å². The highest BCUT2D eigenvalue weighted by atomic mass is 32.1. The van der Waals surface area contributed by atoms with Crippen molar-refractivity contribution in [3.63, 3.8) is 0 Å². The largest absolute Gasteiger partial charge is 0.333 e. The molecule has 1 N–H and O–H groups in total. The molecule has 31 heavy (non-hydrogen) atoms. The molecule has 150 valence electrons. The van der Waals surface area contributed by atoms with Crippen LogP contribution >= 0.6 is 11.3 Å². The quantitative estimate of drug-likeness (QED) is 0.457. The fourth-order valence-electron chi connectivity index (χ4n) is 3.94. The molecule has 7 nitrogen and oxygen atoms in total. The highest BCUT2D eigenvalue weighted by molar-refractivity contribution is 7.22. The van der Waals surface area contributed by atoms with Crippen molar-refractivity contribution in [2.24, 2.45) is 7.05 Å². The fourth-order valence-corrected chi connectivity index (χ4v) is 4.98. The van der Waals surface area contributed by atoms with Crippen molar-refractivity contribution in [2.45, 2.75) is 0 Å². The fraction of sp³-hybridized carbons (Fsp3) is 0.0435. The minimum Gasteiger partial charge on any atom is -0.306 e. The average Bonchev–Trinajstić information content (AvgIpc) is 3.36. The Morgan fingerprint density at radius 1 is 1.00 bits per heavy atom. The molecule has 4 aromatic heterocycles. The average molecular weight is 425 g/mol. The van der Waals surface area contributed by atoms with Crippen molar-refractivity contribution >= 4 is 43.2 Å². The number of nitrogens with one attached hydrogen (secondary N) is 1. The predicted octanol–water partition coefficient (Wildman–Crippen LogP) is 3.84. The molecule has 0 amide bonds. The molecule has 0 saturated carbocycles. The van der Waals surface area contributed by atoms with Crippen LogP contribution in [-0.4, -0.2) is 24.3 Å². The number of H-pyrrole nitrogens is 1. The highest BCUT2D eigenvalue weighted by Crippen LogP contribution is 2.32. The Labute approximate surface area is 178 Å². The molecular weight excluding hydrogens is 410 g/mol. The summed E-state index contributed by atoms with van der Waals surface area (Å²) in [5, 5.41) is 7.16. The van der Waals surface area contributed by atoms with Crippen molar-refractivity contribution in [3.8, 4) is 16.1 Å². The predicted molar refractivity (Wildman–Crippen MR) is 123 cm³/mol. The number of nitrogens with zero attached hydrogens (tertiary/aromatic N) is 4. The van der Waals surface area contributed by atoms with Gasteiger partial charge in [-0.2, -0.15) is 5.10 Å². The SMILES string of the molecule is Cn1cc2ccc(-c3cc4[nH]c(=O)n(-c5cncc6ccccc56)c(=O)c4s3)cc2n1. The summed E-state index contributed by atoms with van der Waals surface area (Å²) >= 11 is 1.36. The van der Waals surface area contributed by atoms with E-state index in [1.54, 1.807) is 17.1 Å². The molecule has 0 atom stereocenters. The van der Waals surface area contributed by atoms with Crippen molar-refractivity contribution in [3.05, 3.63) is 88.0 Å². The van der Waals surface area contributed by atoms with E-state index in [4.69, 9.17) is 0 Å². The van der Waals surface area contributed by atoms with Gasteiger partial charge in [-0.1, -0.05) is 36.4 Å². The number of aromatic amines is 1. The van der Waals surface area contributed by atoms with Crippen LogP contribution < -0.4 is 11.2 Å². The standard InChI is InChI=1S/C23H15N5O2S/c1-27-12-15-7-6-13(8-17(15)26-27)20-9-18-21(31-20)22(29)28(23(30)25-18)19-11-24-10-14-4-2-3-5-16(14)19/h2-12H,1H3,(H,25,30). The van der Waals surface area contributed by atoms with Gasteiger partial charge in [-0.25, -0.2) is 9.36 Å². The van der Waals surface area contributed by atoms with E-state index in [0.29, 0.717) is 15.9 Å². The van der Waals surface area contributed by atoms with Crippen LogP contribution in [0.4, 0.5) is 0 Å². The lowest BCUT2D eigenvalue weighted by molar-refractivity contribution is 0.780. The van der Waals surface area contributed by atoms with Crippen LogP contribution in [0.5, 0.6) is 0 Å². The number of hydrogen-bond donors (Lipinski definition) is 1. The van der Waals surface area contributed by atoms with Crippen molar-refractivity contribution < 1.29 is 0 Å². The molecule has 0 aliphatic rings. The number of rotatable bonds is 2. The minimum absolute atomic E-state index is 0.355.